The Bertz CT molecular complexity index is 479. The van der Waals surface area contributed by atoms with Crippen LogP contribution in [0.2, 0.25) is 0 Å². The van der Waals surface area contributed by atoms with E-state index in [4.69, 9.17) is 0 Å². The van der Waals surface area contributed by atoms with E-state index in [-0.39, 0.29) is 42.1 Å². The molecular formula is C13H17NOW2. The summed E-state index contributed by atoms with van der Waals surface area (Å²) >= 11 is 0. The molecule has 0 amide bonds. The summed E-state index contributed by atoms with van der Waals surface area (Å²) in [4.78, 5) is 0. The summed E-state index contributed by atoms with van der Waals surface area (Å²) in [5, 5.41) is 10.9. The van der Waals surface area contributed by atoms with Crippen LogP contribution in [0.4, 0.5) is 0 Å². The summed E-state index contributed by atoms with van der Waals surface area (Å²) in [5.74, 6) is 0.406. The van der Waals surface area contributed by atoms with Gasteiger partial charge in [-0.1, -0.05) is 19.4 Å². The van der Waals surface area contributed by atoms with Crippen LogP contribution in [0, 0.1) is 0 Å². The van der Waals surface area contributed by atoms with Gasteiger partial charge in [-0.25, -0.2) is 0 Å². The molecule has 4 heteroatoms. The number of aromatic hydroxyl groups is 1. The fourth-order valence-electron chi connectivity index (χ4n) is 2.14. The third-order valence-electron chi connectivity index (χ3n) is 2.82. The molecule has 2 aromatic rings. The first-order valence-electron chi connectivity index (χ1n) is 5.57. The third-order valence-corrected chi connectivity index (χ3v) is 2.82. The van der Waals surface area contributed by atoms with Crippen LogP contribution in [0.15, 0.2) is 24.4 Å². The van der Waals surface area contributed by atoms with Gasteiger partial charge in [-0.3, -0.25) is 0 Å². The summed E-state index contributed by atoms with van der Waals surface area (Å²) in [6.07, 6.45) is 4.30. The Morgan fingerprint density at radius 2 is 1.88 bits per heavy atom. The van der Waals surface area contributed by atoms with Crippen molar-refractivity contribution in [3.05, 3.63) is 30.0 Å². The second-order valence-corrected chi connectivity index (χ2v) is 3.86. The van der Waals surface area contributed by atoms with Gasteiger partial charge >= 0.3 is 0 Å². The van der Waals surface area contributed by atoms with E-state index in [2.05, 4.69) is 30.7 Å². The van der Waals surface area contributed by atoms with Crippen molar-refractivity contribution in [2.75, 3.05) is 0 Å². The Hall–Kier alpha value is -0.0634. The van der Waals surface area contributed by atoms with E-state index >= 15 is 0 Å². The average molecular weight is 571 g/mol. The molecule has 0 aliphatic carbocycles. The van der Waals surface area contributed by atoms with Gasteiger partial charge in [0.2, 0.25) is 0 Å². The molecule has 17 heavy (non-hydrogen) atoms. The van der Waals surface area contributed by atoms with Gasteiger partial charge in [-0.15, -0.1) is 0 Å². The van der Waals surface area contributed by atoms with Crippen molar-refractivity contribution in [2.24, 2.45) is 0 Å². The van der Waals surface area contributed by atoms with Crippen molar-refractivity contribution < 1.29 is 47.2 Å². The first-order chi connectivity index (χ1) is 7.27. The Balaban J connectivity index is 0.00000128. The molecule has 2 rings (SSSR count). The van der Waals surface area contributed by atoms with Gasteiger partial charge < -0.3 is 9.67 Å². The van der Waals surface area contributed by atoms with Crippen LogP contribution < -0.4 is 0 Å². The minimum Gasteiger partial charge on any atom is -0.507 e. The summed E-state index contributed by atoms with van der Waals surface area (Å²) < 4.78 is 2.19. The first kappa shape index (κ1) is 16.9. The normalized spacial score (nSPS) is 9.76. The van der Waals surface area contributed by atoms with Crippen LogP contribution in [0.3, 0.4) is 0 Å². The second kappa shape index (κ2) is 7.39. The van der Waals surface area contributed by atoms with Crippen molar-refractivity contribution in [1.29, 1.82) is 0 Å². The van der Waals surface area contributed by atoms with Crippen molar-refractivity contribution >= 4 is 10.9 Å². The maximum atomic E-state index is 9.87. The minimum absolute atomic E-state index is 0. The predicted octanol–water partition coefficient (Wildman–Crippen LogP) is 3.31. The van der Waals surface area contributed by atoms with Crippen LogP contribution in [-0.4, -0.2) is 9.67 Å². The maximum absolute atomic E-state index is 9.87. The molecule has 2 nitrogen and oxygen atoms in total. The zero-order valence-corrected chi connectivity index (χ0v) is 16.0. The third kappa shape index (κ3) is 3.23. The molecular weight excluding hydrogens is 554 g/mol. The number of phenolic OH excluding ortho intramolecular Hbond substituents is 1. The molecule has 0 unspecified atom stereocenters. The molecule has 0 aliphatic rings. The van der Waals surface area contributed by atoms with E-state index in [9.17, 15) is 5.11 Å². The maximum Gasteiger partial charge on any atom is 0.125 e. The van der Waals surface area contributed by atoms with Gasteiger partial charge in [0, 0.05) is 60.3 Å². The number of rotatable bonds is 3. The summed E-state index contributed by atoms with van der Waals surface area (Å²) in [7, 11) is 0. The van der Waals surface area contributed by atoms with Crippen LogP contribution in [0.5, 0.6) is 5.75 Å². The predicted molar refractivity (Wildman–Crippen MR) is 63.3 cm³/mol. The van der Waals surface area contributed by atoms with Crippen molar-refractivity contribution in [3.63, 3.8) is 0 Å². The minimum atomic E-state index is 0. The van der Waals surface area contributed by atoms with Crippen LogP contribution >= 0.6 is 0 Å². The molecule has 92 valence electrons. The Morgan fingerprint density at radius 3 is 2.47 bits per heavy atom. The van der Waals surface area contributed by atoms with E-state index in [1.807, 2.05) is 6.07 Å². The molecule has 0 saturated carbocycles. The smallest absolute Gasteiger partial charge is 0.125 e. The molecule has 1 heterocycles. The zero-order chi connectivity index (χ0) is 10.8. The summed E-state index contributed by atoms with van der Waals surface area (Å²) in [5.41, 5.74) is 2.40. The number of aryl methyl sites for hydroxylation is 2. The van der Waals surface area contributed by atoms with Gasteiger partial charge in [0.1, 0.15) is 5.75 Å². The Labute approximate surface area is 131 Å². The van der Waals surface area contributed by atoms with Gasteiger partial charge in [-0.05, 0) is 31.0 Å². The summed E-state index contributed by atoms with van der Waals surface area (Å²) in [6, 6.07) is 5.73. The number of fused-ring (bicyclic) bond motifs is 1. The second-order valence-electron chi connectivity index (χ2n) is 3.86. The molecule has 0 fully saturated rings. The Morgan fingerprint density at radius 1 is 1.18 bits per heavy atom. The molecule has 0 aliphatic heterocycles. The SMILES string of the molecule is CCCc1cn(CC)c2cccc(O)c12.[W].[W]. The standard InChI is InChI=1S/C13H17NO.2W/c1-3-6-10-9-14(4-2)11-7-5-8-12(15)13(10)11;;/h5,7-9,15H,3-4,6H2,1-2H3;;. The van der Waals surface area contributed by atoms with Crippen LogP contribution in [0.25, 0.3) is 10.9 Å². The number of phenols is 1. The molecule has 1 N–H and O–H groups in total. The number of nitrogens with zero attached hydrogens (tertiary/aromatic N) is 1. The molecule has 0 bridgehead atoms. The van der Waals surface area contributed by atoms with E-state index in [0.717, 1.165) is 30.3 Å². The molecule has 0 saturated heterocycles. The quantitative estimate of drug-likeness (QED) is 0.602. The number of hydrogen-bond acceptors (Lipinski definition) is 1. The van der Waals surface area contributed by atoms with Crippen LogP contribution in [0.1, 0.15) is 25.8 Å². The number of aromatic nitrogens is 1. The zero-order valence-electron chi connectivity index (χ0n) is 10.1. The van der Waals surface area contributed by atoms with Gasteiger partial charge in [0.05, 0.1) is 5.52 Å². The molecule has 1 aromatic carbocycles. The van der Waals surface area contributed by atoms with E-state index in [1.54, 1.807) is 6.07 Å². The fraction of sp³-hybridized carbons (Fsp3) is 0.385. The van der Waals surface area contributed by atoms with Gasteiger partial charge in [0.25, 0.3) is 0 Å². The Kier molecular flexibility index (Phi) is 7.36. The largest absolute Gasteiger partial charge is 0.507 e. The number of benzene rings is 1. The van der Waals surface area contributed by atoms with Crippen molar-refractivity contribution in [3.8, 4) is 5.75 Å². The van der Waals surface area contributed by atoms with E-state index in [1.165, 1.54) is 5.56 Å². The van der Waals surface area contributed by atoms with E-state index < -0.39 is 0 Å². The molecule has 1 aromatic heterocycles. The molecule has 0 atom stereocenters. The van der Waals surface area contributed by atoms with Gasteiger partial charge in [-0.2, -0.15) is 0 Å². The van der Waals surface area contributed by atoms with Crippen molar-refractivity contribution in [1.82, 2.24) is 4.57 Å². The first-order valence-corrected chi connectivity index (χ1v) is 5.57. The van der Waals surface area contributed by atoms with Crippen molar-refractivity contribution in [2.45, 2.75) is 33.2 Å². The fourth-order valence-corrected chi connectivity index (χ4v) is 2.14. The topological polar surface area (TPSA) is 25.2 Å². The van der Waals surface area contributed by atoms with Crippen LogP contribution in [-0.2, 0) is 55.1 Å². The summed E-state index contributed by atoms with van der Waals surface area (Å²) in [6.45, 7) is 5.23. The monoisotopic (exact) mass is 571 g/mol. The molecule has 0 radical (unpaired) electrons. The number of hydrogen-bond donors (Lipinski definition) is 1. The molecule has 0 spiro atoms. The van der Waals surface area contributed by atoms with Gasteiger partial charge in [0.15, 0.2) is 0 Å². The average Bonchev–Trinajstić information content (AvgIpc) is 2.59. The van der Waals surface area contributed by atoms with E-state index in [0.29, 0.717) is 5.75 Å².